The van der Waals surface area contributed by atoms with Crippen LogP contribution in [0.3, 0.4) is 0 Å². The molecular formula is C12H13CuN3O5. The molecule has 1 radical (unpaired) electrons. The third kappa shape index (κ3) is 8.53. The number of carboxylic acid groups (broad SMARTS) is 2. The van der Waals surface area contributed by atoms with Crippen LogP contribution >= 0.6 is 0 Å². The van der Waals surface area contributed by atoms with Crippen LogP contribution in [0.2, 0.25) is 0 Å². The molecule has 2 aromatic rings. The number of aromatic nitrogens is 3. The average Bonchev–Trinajstić information content (AvgIpc) is 2.93. The zero-order valence-corrected chi connectivity index (χ0v) is 12.1. The number of carboxylic acids is 2. The summed E-state index contributed by atoms with van der Waals surface area (Å²) in [5, 5.41) is 27.4. The number of aromatic amines is 1. The van der Waals surface area contributed by atoms with E-state index in [9.17, 15) is 19.8 Å². The quantitative estimate of drug-likeness (QED) is 0.609. The molecule has 2 heterocycles. The molecular weight excluding hydrogens is 330 g/mol. The Morgan fingerprint density at radius 1 is 1.14 bits per heavy atom. The van der Waals surface area contributed by atoms with Gasteiger partial charge in [-0.2, -0.15) is 0 Å². The van der Waals surface area contributed by atoms with Crippen molar-refractivity contribution in [3.05, 3.63) is 47.8 Å². The fourth-order valence-electron chi connectivity index (χ4n) is 1.01. The number of carbonyl (C=O) groups excluding carboxylic acids is 2. The Bertz CT molecular complexity index is 516. The number of nitrogens with one attached hydrogen (secondary N) is 1. The fraction of sp³-hybridized carbons (Fsp3) is 0.167. The van der Waals surface area contributed by atoms with E-state index >= 15 is 0 Å². The summed E-state index contributed by atoms with van der Waals surface area (Å²) in [5.74, 6) is -2.06. The van der Waals surface area contributed by atoms with Gasteiger partial charge in [0, 0.05) is 19.5 Å². The van der Waals surface area contributed by atoms with Gasteiger partial charge in [-0.25, -0.2) is 9.97 Å². The molecule has 0 atom stereocenters. The molecule has 0 aromatic carbocycles. The van der Waals surface area contributed by atoms with Gasteiger partial charge in [0.15, 0.2) is 0 Å². The van der Waals surface area contributed by atoms with Crippen molar-refractivity contribution < 1.29 is 42.0 Å². The number of hydrogen-bond acceptors (Lipinski definition) is 7. The van der Waals surface area contributed by atoms with E-state index in [1.165, 1.54) is 6.07 Å². The molecule has 0 bridgehead atoms. The Morgan fingerprint density at radius 3 is 1.86 bits per heavy atom. The SMILES string of the molecule is CO.Cc1ncc[nH]1.O=C([O-])c1cccc(C(=O)[O-])n1.[Cu+2]. The molecule has 0 unspecified atom stereocenters. The molecule has 2 aromatic heterocycles. The van der Waals surface area contributed by atoms with Crippen molar-refractivity contribution in [2.24, 2.45) is 0 Å². The summed E-state index contributed by atoms with van der Waals surface area (Å²) < 4.78 is 0. The summed E-state index contributed by atoms with van der Waals surface area (Å²) in [4.78, 5) is 30.4. The number of aliphatic hydroxyl groups excluding tert-OH is 1. The van der Waals surface area contributed by atoms with Crippen LogP contribution in [0.15, 0.2) is 30.6 Å². The van der Waals surface area contributed by atoms with Crippen molar-refractivity contribution in [1.29, 1.82) is 0 Å². The van der Waals surface area contributed by atoms with E-state index in [0.717, 1.165) is 25.1 Å². The zero-order valence-electron chi connectivity index (χ0n) is 11.2. The number of imidazole rings is 1. The smallest absolute Gasteiger partial charge is 0.543 e. The molecule has 0 saturated carbocycles. The van der Waals surface area contributed by atoms with Crippen molar-refractivity contribution in [2.45, 2.75) is 6.92 Å². The maximum absolute atomic E-state index is 10.2. The molecule has 0 saturated heterocycles. The Hall–Kier alpha value is -2.22. The van der Waals surface area contributed by atoms with Crippen LogP contribution in [-0.4, -0.2) is 39.1 Å². The van der Waals surface area contributed by atoms with Crippen molar-refractivity contribution in [3.63, 3.8) is 0 Å². The molecule has 9 heteroatoms. The minimum Gasteiger partial charge on any atom is -0.543 e. The third-order valence-corrected chi connectivity index (χ3v) is 1.80. The monoisotopic (exact) mass is 342 g/mol. The number of hydrogen-bond donors (Lipinski definition) is 2. The fourth-order valence-corrected chi connectivity index (χ4v) is 1.01. The molecule has 117 valence electrons. The first kappa shape index (κ1) is 21.1. The molecule has 21 heavy (non-hydrogen) atoms. The number of nitrogens with zero attached hydrogens (tertiary/aromatic N) is 2. The number of aromatic carboxylic acids is 2. The van der Waals surface area contributed by atoms with Gasteiger partial charge < -0.3 is 29.9 Å². The Morgan fingerprint density at radius 2 is 1.62 bits per heavy atom. The van der Waals surface area contributed by atoms with E-state index in [-0.39, 0.29) is 17.1 Å². The molecule has 0 spiro atoms. The van der Waals surface area contributed by atoms with Crippen LogP contribution in [0.1, 0.15) is 26.8 Å². The minimum atomic E-state index is -1.52. The number of pyridine rings is 1. The van der Waals surface area contributed by atoms with Crippen LogP contribution in [0, 0.1) is 6.92 Å². The van der Waals surface area contributed by atoms with Gasteiger partial charge in [-0.3, -0.25) is 0 Å². The van der Waals surface area contributed by atoms with Crippen LogP contribution in [0.5, 0.6) is 0 Å². The van der Waals surface area contributed by atoms with Crippen molar-refractivity contribution in [2.75, 3.05) is 7.11 Å². The second-order valence-corrected chi connectivity index (χ2v) is 3.16. The van der Waals surface area contributed by atoms with Crippen LogP contribution in [-0.2, 0) is 17.1 Å². The van der Waals surface area contributed by atoms with Gasteiger partial charge in [-0.05, 0) is 19.1 Å². The van der Waals surface area contributed by atoms with Crippen molar-refractivity contribution in [3.8, 4) is 0 Å². The van der Waals surface area contributed by atoms with Crippen LogP contribution in [0.25, 0.3) is 0 Å². The number of rotatable bonds is 2. The summed E-state index contributed by atoms with van der Waals surface area (Å²) in [6.45, 7) is 1.92. The molecule has 2 N–H and O–H groups in total. The Kier molecular flexibility index (Phi) is 11.6. The topological polar surface area (TPSA) is 142 Å². The van der Waals surface area contributed by atoms with E-state index in [0.29, 0.717) is 0 Å². The molecule has 0 aliphatic rings. The van der Waals surface area contributed by atoms with Crippen LogP contribution in [0.4, 0.5) is 0 Å². The standard InChI is InChI=1S/C7H5NO4.C4H6N2.CH4O.Cu/c9-6(10)4-2-1-3-5(8-4)7(11)12;1-4-5-2-3-6-4;1-2;/h1-3H,(H,9,10)(H,11,12);2-3H,1H3,(H,5,6);2H,1H3;/q;;;+2/p-2. The number of aryl methyl sites for hydroxylation is 1. The zero-order chi connectivity index (χ0) is 15.5. The predicted molar refractivity (Wildman–Crippen MR) is 64.4 cm³/mol. The molecule has 8 nitrogen and oxygen atoms in total. The van der Waals surface area contributed by atoms with Gasteiger partial charge in [0.1, 0.15) is 5.82 Å². The largest absolute Gasteiger partial charge is 2.00 e. The van der Waals surface area contributed by atoms with Gasteiger partial charge >= 0.3 is 17.1 Å². The molecule has 0 amide bonds. The summed E-state index contributed by atoms with van der Waals surface area (Å²) in [7, 11) is 1.00. The van der Waals surface area contributed by atoms with E-state index in [2.05, 4.69) is 15.0 Å². The molecule has 2 rings (SSSR count). The van der Waals surface area contributed by atoms with Gasteiger partial charge in [0.05, 0.1) is 23.3 Å². The predicted octanol–water partition coefficient (Wildman–Crippen LogP) is -1.87. The number of H-pyrrole nitrogens is 1. The number of carbonyl (C=O) groups is 2. The summed E-state index contributed by atoms with van der Waals surface area (Å²) in [5.41, 5.74) is -0.839. The number of aliphatic hydroxyl groups is 1. The second-order valence-electron chi connectivity index (χ2n) is 3.16. The summed E-state index contributed by atoms with van der Waals surface area (Å²) in [6.07, 6.45) is 3.53. The molecule has 0 fully saturated rings. The maximum atomic E-state index is 10.2. The summed E-state index contributed by atoms with van der Waals surface area (Å²) >= 11 is 0. The second kappa shape index (κ2) is 11.6. The van der Waals surface area contributed by atoms with Gasteiger partial charge in [0.25, 0.3) is 0 Å². The van der Waals surface area contributed by atoms with E-state index in [1.54, 1.807) is 12.4 Å². The summed E-state index contributed by atoms with van der Waals surface area (Å²) in [6, 6.07) is 3.53. The average molecular weight is 343 g/mol. The molecule has 0 aliphatic heterocycles. The van der Waals surface area contributed by atoms with Crippen molar-refractivity contribution in [1.82, 2.24) is 15.0 Å². The molecule has 0 aliphatic carbocycles. The Balaban J connectivity index is 0. The van der Waals surface area contributed by atoms with Crippen LogP contribution < -0.4 is 10.2 Å². The first-order valence-electron chi connectivity index (χ1n) is 5.31. The normalized spacial score (nSPS) is 8.14. The van der Waals surface area contributed by atoms with Gasteiger partial charge in [-0.15, -0.1) is 0 Å². The van der Waals surface area contributed by atoms with Gasteiger partial charge in [0.2, 0.25) is 0 Å². The first-order chi connectivity index (χ1) is 9.50. The first-order valence-corrected chi connectivity index (χ1v) is 5.31. The van der Waals surface area contributed by atoms with E-state index in [4.69, 9.17) is 5.11 Å². The van der Waals surface area contributed by atoms with Gasteiger partial charge in [-0.1, -0.05) is 6.07 Å². The Labute approximate surface area is 131 Å². The third-order valence-electron chi connectivity index (χ3n) is 1.80. The van der Waals surface area contributed by atoms with E-state index < -0.39 is 23.3 Å². The van der Waals surface area contributed by atoms with E-state index in [1.807, 2.05) is 6.92 Å². The maximum Gasteiger partial charge on any atom is 2.00 e. The minimum absolute atomic E-state index is 0. The van der Waals surface area contributed by atoms with Crippen molar-refractivity contribution >= 4 is 11.9 Å².